The molecule has 1 fully saturated rings. The number of aromatic nitrogens is 2. The van der Waals surface area contributed by atoms with Gasteiger partial charge in [0.2, 0.25) is 0 Å². The number of para-hydroxylation sites is 2. The second-order valence-electron chi connectivity index (χ2n) is 8.49. The number of rotatable bonds is 4. The fourth-order valence-corrected chi connectivity index (χ4v) is 3.90. The van der Waals surface area contributed by atoms with E-state index in [1.807, 2.05) is 18.2 Å². The summed E-state index contributed by atoms with van der Waals surface area (Å²) in [4.78, 5) is 13.2. The molecule has 2 heterocycles. The lowest BCUT2D eigenvalue weighted by Gasteiger charge is -2.34. The summed E-state index contributed by atoms with van der Waals surface area (Å²) in [5.41, 5.74) is 5.63. The first-order valence-corrected chi connectivity index (χ1v) is 11.2. The molecule has 0 amide bonds. The summed E-state index contributed by atoms with van der Waals surface area (Å²) in [6, 6.07) is 23.8. The van der Waals surface area contributed by atoms with Crippen molar-refractivity contribution in [2.24, 2.45) is 0 Å². The number of hydrogen-bond acceptors (Lipinski definition) is 3. The zero-order valence-corrected chi connectivity index (χ0v) is 18.9. The van der Waals surface area contributed by atoms with Crippen molar-refractivity contribution in [2.75, 3.05) is 26.2 Å². The molecule has 0 saturated carbocycles. The third kappa shape index (κ3) is 6.02. The average Bonchev–Trinajstić information content (AvgIpc) is 3.21. The maximum absolute atomic E-state index is 12.3. The fraction of sp³-hybridized carbons (Fsp3) is 0.296. The Morgan fingerprint density at radius 3 is 2.03 bits per heavy atom. The molecule has 0 aliphatic carbocycles. The van der Waals surface area contributed by atoms with E-state index >= 15 is 0 Å². The Morgan fingerprint density at radius 2 is 1.41 bits per heavy atom. The van der Waals surface area contributed by atoms with Crippen molar-refractivity contribution < 1.29 is 4.39 Å². The smallest absolute Gasteiger partial charge is 0.126 e. The minimum Gasteiger partial charge on any atom is -0.341 e. The number of halogens is 1. The lowest BCUT2D eigenvalue weighted by molar-refractivity contribution is 0.120. The molecule has 1 aromatic heterocycles. The largest absolute Gasteiger partial charge is 0.341 e. The van der Waals surface area contributed by atoms with Crippen LogP contribution >= 0.6 is 0 Å². The average molecular weight is 431 g/mol. The van der Waals surface area contributed by atoms with E-state index in [-0.39, 0.29) is 5.82 Å². The summed E-state index contributed by atoms with van der Waals surface area (Å²) in [5.74, 6) is 0.940. The second kappa shape index (κ2) is 10.5. The standard InChI is InChI=1S/C20H24N4.C7H7F/c1-16-6-8-17(9-7-16)14-23-10-12-24(13-11-23)15-20-21-18-4-2-3-5-19(18)22-20;1-6-4-2-3-5-7(6)8/h2-9H,10-15H2,1H3,(H,21,22);2-5H,1H3. The van der Waals surface area contributed by atoms with Gasteiger partial charge in [-0.05, 0) is 43.2 Å². The van der Waals surface area contributed by atoms with Crippen LogP contribution in [0.15, 0.2) is 72.8 Å². The predicted octanol–water partition coefficient (Wildman–Crippen LogP) is 5.32. The summed E-state index contributed by atoms with van der Waals surface area (Å²) < 4.78 is 12.3. The van der Waals surface area contributed by atoms with Crippen molar-refractivity contribution >= 4 is 11.0 Å². The molecule has 1 aliphatic heterocycles. The van der Waals surface area contributed by atoms with Crippen LogP contribution in [0.25, 0.3) is 11.0 Å². The van der Waals surface area contributed by atoms with Gasteiger partial charge in [-0.25, -0.2) is 9.37 Å². The van der Waals surface area contributed by atoms with Crippen LogP contribution in [0.1, 0.15) is 22.5 Å². The maximum Gasteiger partial charge on any atom is 0.126 e. The third-order valence-corrected chi connectivity index (χ3v) is 5.88. The number of aryl methyl sites for hydroxylation is 2. The number of imidazole rings is 1. The topological polar surface area (TPSA) is 35.2 Å². The van der Waals surface area contributed by atoms with Gasteiger partial charge >= 0.3 is 0 Å². The zero-order chi connectivity index (χ0) is 22.3. The number of benzene rings is 3. The normalized spacial score (nSPS) is 14.8. The molecule has 0 atom stereocenters. The summed E-state index contributed by atoms with van der Waals surface area (Å²) in [6.45, 7) is 10.3. The first-order chi connectivity index (χ1) is 15.6. The van der Waals surface area contributed by atoms with Crippen LogP contribution in [-0.4, -0.2) is 45.9 Å². The molecule has 5 heteroatoms. The SMILES string of the molecule is Cc1ccc(CN2CCN(Cc3nc4ccccc4[nH]3)CC2)cc1.Cc1ccccc1F. The van der Waals surface area contributed by atoms with Crippen LogP contribution < -0.4 is 0 Å². The van der Waals surface area contributed by atoms with Gasteiger partial charge in [0.15, 0.2) is 0 Å². The van der Waals surface area contributed by atoms with Crippen molar-refractivity contribution in [1.82, 2.24) is 19.8 Å². The molecule has 32 heavy (non-hydrogen) atoms. The Morgan fingerprint density at radius 1 is 0.781 bits per heavy atom. The Kier molecular flexibility index (Phi) is 7.30. The molecule has 1 saturated heterocycles. The Bertz CT molecular complexity index is 1070. The van der Waals surface area contributed by atoms with Crippen molar-refractivity contribution in [3.8, 4) is 0 Å². The maximum atomic E-state index is 12.3. The second-order valence-corrected chi connectivity index (χ2v) is 8.49. The van der Waals surface area contributed by atoms with Gasteiger partial charge in [0, 0.05) is 32.7 Å². The number of aromatic amines is 1. The summed E-state index contributed by atoms with van der Waals surface area (Å²) in [6.07, 6.45) is 0. The minimum absolute atomic E-state index is 0.132. The van der Waals surface area contributed by atoms with Crippen LogP contribution in [0.2, 0.25) is 0 Å². The van der Waals surface area contributed by atoms with E-state index in [1.54, 1.807) is 19.1 Å². The van der Waals surface area contributed by atoms with Gasteiger partial charge in [-0.1, -0.05) is 60.2 Å². The number of nitrogens with zero attached hydrogens (tertiary/aromatic N) is 3. The van der Waals surface area contributed by atoms with Gasteiger partial charge < -0.3 is 4.98 Å². The molecule has 0 spiro atoms. The van der Waals surface area contributed by atoms with Gasteiger partial charge in [-0.15, -0.1) is 0 Å². The highest BCUT2D eigenvalue weighted by Gasteiger charge is 2.18. The van der Waals surface area contributed by atoms with Crippen molar-refractivity contribution in [3.63, 3.8) is 0 Å². The van der Waals surface area contributed by atoms with E-state index in [4.69, 9.17) is 4.98 Å². The number of piperazine rings is 1. The number of fused-ring (bicyclic) bond motifs is 1. The first-order valence-electron chi connectivity index (χ1n) is 11.2. The van der Waals surface area contributed by atoms with Crippen molar-refractivity contribution in [3.05, 3.63) is 101 Å². The molecule has 0 unspecified atom stereocenters. The molecule has 166 valence electrons. The summed E-state index contributed by atoms with van der Waals surface area (Å²) in [7, 11) is 0. The Balaban J connectivity index is 0.000000260. The molecular weight excluding hydrogens is 399 g/mol. The first kappa shape index (κ1) is 22.2. The van der Waals surface area contributed by atoms with Gasteiger partial charge in [0.25, 0.3) is 0 Å². The number of H-pyrrole nitrogens is 1. The van der Waals surface area contributed by atoms with Gasteiger partial charge in [-0.2, -0.15) is 0 Å². The highest BCUT2D eigenvalue weighted by Crippen LogP contribution is 2.14. The highest BCUT2D eigenvalue weighted by molar-refractivity contribution is 5.74. The van der Waals surface area contributed by atoms with E-state index in [1.165, 1.54) is 17.2 Å². The molecule has 3 aromatic carbocycles. The van der Waals surface area contributed by atoms with Crippen molar-refractivity contribution in [2.45, 2.75) is 26.9 Å². The van der Waals surface area contributed by atoms with E-state index in [0.29, 0.717) is 5.56 Å². The van der Waals surface area contributed by atoms with Crippen LogP contribution in [0.4, 0.5) is 4.39 Å². The summed E-state index contributed by atoms with van der Waals surface area (Å²) in [5, 5.41) is 0. The van der Waals surface area contributed by atoms with Gasteiger partial charge in [-0.3, -0.25) is 9.80 Å². The molecule has 5 rings (SSSR count). The van der Waals surface area contributed by atoms with Crippen LogP contribution in [-0.2, 0) is 13.1 Å². The lowest BCUT2D eigenvalue weighted by atomic mass is 10.1. The molecule has 4 nitrogen and oxygen atoms in total. The lowest BCUT2D eigenvalue weighted by Crippen LogP contribution is -2.45. The molecule has 1 N–H and O–H groups in total. The molecule has 4 aromatic rings. The van der Waals surface area contributed by atoms with Crippen LogP contribution in [0, 0.1) is 19.7 Å². The Labute approximate surface area is 189 Å². The highest BCUT2D eigenvalue weighted by atomic mass is 19.1. The summed E-state index contributed by atoms with van der Waals surface area (Å²) >= 11 is 0. The molecular formula is C27H31FN4. The van der Waals surface area contributed by atoms with E-state index in [2.05, 4.69) is 58.1 Å². The van der Waals surface area contributed by atoms with Crippen LogP contribution in [0.3, 0.4) is 0 Å². The molecule has 0 radical (unpaired) electrons. The quantitative estimate of drug-likeness (QED) is 0.476. The zero-order valence-electron chi connectivity index (χ0n) is 18.9. The monoisotopic (exact) mass is 430 g/mol. The predicted molar refractivity (Wildman–Crippen MR) is 129 cm³/mol. The van der Waals surface area contributed by atoms with E-state index < -0.39 is 0 Å². The molecule has 0 bridgehead atoms. The van der Waals surface area contributed by atoms with Crippen LogP contribution in [0.5, 0.6) is 0 Å². The van der Waals surface area contributed by atoms with E-state index in [9.17, 15) is 4.39 Å². The van der Waals surface area contributed by atoms with E-state index in [0.717, 1.165) is 56.1 Å². The minimum atomic E-state index is -0.132. The third-order valence-electron chi connectivity index (χ3n) is 5.88. The van der Waals surface area contributed by atoms with Gasteiger partial charge in [0.05, 0.1) is 17.6 Å². The number of hydrogen-bond donors (Lipinski definition) is 1. The van der Waals surface area contributed by atoms with Crippen molar-refractivity contribution in [1.29, 1.82) is 0 Å². The molecule has 1 aliphatic rings. The fourth-order valence-electron chi connectivity index (χ4n) is 3.90. The van der Waals surface area contributed by atoms with Gasteiger partial charge in [0.1, 0.15) is 11.6 Å². The Hall–Kier alpha value is -3.02. The number of nitrogens with one attached hydrogen (secondary N) is 1.